The highest BCUT2D eigenvalue weighted by Gasteiger charge is 2.27. The minimum atomic E-state index is -3.62. The van der Waals surface area contributed by atoms with Crippen LogP contribution in [0.1, 0.15) is 54.1 Å². The number of carbonyl (C=O) groups excluding carboxylic acids is 2. The van der Waals surface area contributed by atoms with Gasteiger partial charge in [0.25, 0.3) is 5.91 Å². The summed E-state index contributed by atoms with van der Waals surface area (Å²) in [5.74, 6) is -0.324. The number of hydrogen-bond donors (Lipinski definition) is 1. The molecule has 2 aliphatic heterocycles. The molecule has 0 unspecified atom stereocenters. The van der Waals surface area contributed by atoms with E-state index in [1.807, 2.05) is 0 Å². The van der Waals surface area contributed by atoms with Gasteiger partial charge in [-0.1, -0.05) is 18.9 Å². The Bertz CT molecular complexity index is 1150. The number of sulfonamides is 1. The highest BCUT2D eigenvalue weighted by Crippen LogP contribution is 2.30. The third-order valence-corrected chi connectivity index (χ3v) is 8.29. The normalized spacial score (nSPS) is 17.0. The molecule has 32 heavy (non-hydrogen) atoms. The van der Waals surface area contributed by atoms with Crippen molar-refractivity contribution in [2.24, 2.45) is 0 Å². The van der Waals surface area contributed by atoms with Crippen LogP contribution in [-0.2, 0) is 21.2 Å². The SMILES string of the molecule is CC(=O)N1CCc2cc(C(=O)Nc3ccc(C)c(S(=O)(=O)N4CCCCCC4)c3)ccc21. The van der Waals surface area contributed by atoms with Crippen molar-refractivity contribution in [1.29, 1.82) is 0 Å². The molecule has 0 aromatic heterocycles. The second-order valence-corrected chi connectivity index (χ2v) is 10.4. The highest BCUT2D eigenvalue weighted by atomic mass is 32.2. The van der Waals surface area contributed by atoms with Crippen LogP contribution in [0, 0.1) is 6.92 Å². The third kappa shape index (κ3) is 4.42. The monoisotopic (exact) mass is 455 g/mol. The molecule has 1 fully saturated rings. The first-order valence-electron chi connectivity index (χ1n) is 11.1. The molecule has 0 bridgehead atoms. The van der Waals surface area contributed by atoms with Crippen molar-refractivity contribution >= 4 is 33.2 Å². The van der Waals surface area contributed by atoms with Crippen molar-refractivity contribution in [1.82, 2.24) is 4.31 Å². The highest BCUT2D eigenvalue weighted by molar-refractivity contribution is 7.89. The number of carbonyl (C=O) groups is 2. The first-order chi connectivity index (χ1) is 15.3. The van der Waals surface area contributed by atoms with Gasteiger partial charge in [0.05, 0.1) is 4.90 Å². The van der Waals surface area contributed by atoms with E-state index in [2.05, 4.69) is 5.32 Å². The summed E-state index contributed by atoms with van der Waals surface area (Å²) in [5, 5.41) is 2.84. The van der Waals surface area contributed by atoms with E-state index in [0.717, 1.165) is 36.9 Å². The number of nitrogens with one attached hydrogen (secondary N) is 1. The maximum Gasteiger partial charge on any atom is 0.255 e. The van der Waals surface area contributed by atoms with Crippen LogP contribution in [0.3, 0.4) is 0 Å². The Morgan fingerprint density at radius 1 is 0.938 bits per heavy atom. The van der Waals surface area contributed by atoms with E-state index >= 15 is 0 Å². The second kappa shape index (κ2) is 9.03. The van der Waals surface area contributed by atoms with Gasteiger partial charge in [-0.15, -0.1) is 0 Å². The first-order valence-corrected chi connectivity index (χ1v) is 12.5. The van der Waals surface area contributed by atoms with Crippen LogP contribution < -0.4 is 10.2 Å². The Balaban J connectivity index is 1.55. The van der Waals surface area contributed by atoms with Gasteiger partial charge in [-0.2, -0.15) is 4.31 Å². The lowest BCUT2D eigenvalue weighted by Crippen LogP contribution is -2.32. The maximum absolute atomic E-state index is 13.3. The molecule has 1 N–H and O–H groups in total. The molecule has 8 heteroatoms. The number of anilines is 2. The van der Waals surface area contributed by atoms with Crippen LogP contribution >= 0.6 is 0 Å². The van der Waals surface area contributed by atoms with E-state index in [1.165, 1.54) is 6.92 Å². The van der Waals surface area contributed by atoms with Crippen LogP contribution in [0.4, 0.5) is 11.4 Å². The topological polar surface area (TPSA) is 86.8 Å². The fraction of sp³-hybridized carbons (Fsp3) is 0.417. The van der Waals surface area contributed by atoms with Crippen molar-refractivity contribution in [3.8, 4) is 0 Å². The second-order valence-electron chi connectivity index (χ2n) is 8.52. The van der Waals surface area contributed by atoms with E-state index < -0.39 is 10.0 Å². The molecule has 0 saturated carbocycles. The average molecular weight is 456 g/mol. The zero-order valence-corrected chi connectivity index (χ0v) is 19.4. The summed E-state index contributed by atoms with van der Waals surface area (Å²) >= 11 is 0. The fourth-order valence-electron chi connectivity index (χ4n) is 4.45. The minimum absolute atomic E-state index is 0.0150. The largest absolute Gasteiger partial charge is 0.322 e. The Hall–Kier alpha value is -2.71. The first kappa shape index (κ1) is 22.5. The van der Waals surface area contributed by atoms with Crippen molar-refractivity contribution in [2.75, 3.05) is 29.9 Å². The van der Waals surface area contributed by atoms with E-state index in [1.54, 1.807) is 52.5 Å². The van der Waals surface area contributed by atoms with Gasteiger partial charge in [-0.05, 0) is 67.6 Å². The van der Waals surface area contributed by atoms with Crippen molar-refractivity contribution in [3.05, 3.63) is 53.1 Å². The zero-order valence-electron chi connectivity index (χ0n) is 18.6. The fourth-order valence-corrected chi connectivity index (χ4v) is 6.22. The molecule has 2 aliphatic rings. The number of nitrogens with zero attached hydrogens (tertiary/aromatic N) is 2. The quantitative estimate of drug-likeness (QED) is 0.761. The molecule has 1 saturated heterocycles. The molecule has 0 aliphatic carbocycles. The molecular weight excluding hydrogens is 426 g/mol. The predicted octanol–water partition coefficient (Wildman–Crippen LogP) is 3.72. The van der Waals surface area contributed by atoms with E-state index in [4.69, 9.17) is 0 Å². The molecule has 2 amide bonds. The number of amides is 2. The lowest BCUT2D eigenvalue weighted by molar-refractivity contribution is -0.116. The van der Waals surface area contributed by atoms with Gasteiger partial charge in [-0.25, -0.2) is 8.42 Å². The third-order valence-electron chi connectivity index (χ3n) is 6.25. The van der Waals surface area contributed by atoms with Crippen LogP contribution in [0.25, 0.3) is 0 Å². The Labute approximate surface area is 189 Å². The number of fused-ring (bicyclic) bond motifs is 1. The van der Waals surface area contributed by atoms with Crippen LogP contribution in [0.5, 0.6) is 0 Å². The molecule has 4 rings (SSSR count). The molecule has 170 valence electrons. The summed E-state index contributed by atoms with van der Waals surface area (Å²) < 4.78 is 28.1. The van der Waals surface area contributed by atoms with Gasteiger partial charge >= 0.3 is 0 Å². The molecule has 0 spiro atoms. The molecule has 0 atom stereocenters. The van der Waals surface area contributed by atoms with Gasteiger partial charge in [-0.3, -0.25) is 9.59 Å². The molecule has 0 radical (unpaired) electrons. The summed E-state index contributed by atoms with van der Waals surface area (Å²) in [6, 6.07) is 10.3. The maximum atomic E-state index is 13.3. The lowest BCUT2D eigenvalue weighted by atomic mass is 10.1. The lowest BCUT2D eigenvalue weighted by Gasteiger charge is -2.21. The average Bonchev–Trinajstić information content (AvgIpc) is 2.99. The summed E-state index contributed by atoms with van der Waals surface area (Å²) in [7, 11) is -3.62. The summed E-state index contributed by atoms with van der Waals surface area (Å²) in [6.45, 7) is 4.99. The molecule has 2 heterocycles. The molecule has 7 nitrogen and oxygen atoms in total. The number of hydrogen-bond acceptors (Lipinski definition) is 4. The van der Waals surface area contributed by atoms with Crippen molar-refractivity contribution < 1.29 is 18.0 Å². The predicted molar refractivity (Wildman–Crippen MR) is 125 cm³/mol. The zero-order chi connectivity index (χ0) is 22.9. The van der Waals surface area contributed by atoms with Crippen LogP contribution in [-0.4, -0.2) is 44.2 Å². The van der Waals surface area contributed by atoms with Gasteiger partial charge in [0.1, 0.15) is 0 Å². The number of benzene rings is 2. The Morgan fingerprint density at radius 2 is 1.66 bits per heavy atom. The van der Waals surface area contributed by atoms with Crippen LogP contribution in [0.2, 0.25) is 0 Å². The molecule has 2 aromatic carbocycles. The molecule has 2 aromatic rings. The summed E-state index contributed by atoms with van der Waals surface area (Å²) in [5.41, 5.74) is 3.39. The minimum Gasteiger partial charge on any atom is -0.322 e. The van der Waals surface area contributed by atoms with Crippen molar-refractivity contribution in [2.45, 2.75) is 50.8 Å². The van der Waals surface area contributed by atoms with Crippen molar-refractivity contribution in [3.63, 3.8) is 0 Å². The van der Waals surface area contributed by atoms with Gasteiger partial charge in [0, 0.05) is 43.5 Å². The van der Waals surface area contributed by atoms with Gasteiger partial charge < -0.3 is 10.2 Å². The van der Waals surface area contributed by atoms with Gasteiger partial charge in [0.2, 0.25) is 15.9 Å². The summed E-state index contributed by atoms with van der Waals surface area (Å²) in [4.78, 5) is 26.6. The molecular formula is C24H29N3O4S. The number of rotatable bonds is 4. The number of aryl methyl sites for hydroxylation is 1. The summed E-state index contributed by atoms with van der Waals surface area (Å²) in [6.07, 6.45) is 4.54. The smallest absolute Gasteiger partial charge is 0.255 e. The Morgan fingerprint density at radius 3 is 2.34 bits per heavy atom. The van der Waals surface area contributed by atoms with E-state index in [9.17, 15) is 18.0 Å². The standard InChI is InChI=1S/C24H29N3O4S/c1-17-7-9-21(16-23(17)32(30,31)26-12-5-3-4-6-13-26)25-24(29)20-8-10-22-19(15-20)11-14-27(22)18(2)28/h7-10,15-16H,3-6,11-14H2,1-2H3,(H,25,29). The Kier molecular flexibility index (Phi) is 6.35. The van der Waals surface area contributed by atoms with Crippen LogP contribution in [0.15, 0.2) is 41.3 Å². The van der Waals surface area contributed by atoms with E-state index in [-0.39, 0.29) is 16.7 Å². The van der Waals surface area contributed by atoms with E-state index in [0.29, 0.717) is 42.9 Å². The van der Waals surface area contributed by atoms with Gasteiger partial charge in [0.15, 0.2) is 0 Å².